The van der Waals surface area contributed by atoms with E-state index in [0.717, 1.165) is 12.8 Å². The number of carboxylic acid groups (broad SMARTS) is 1. The number of hydrogen-bond acceptors (Lipinski definition) is 3. The van der Waals surface area contributed by atoms with Gasteiger partial charge in [0.15, 0.2) is 5.78 Å². The minimum absolute atomic E-state index is 0.156. The zero-order valence-electron chi connectivity index (χ0n) is 9.40. The first kappa shape index (κ1) is 12.2. The lowest BCUT2D eigenvalue weighted by atomic mass is 10.1. The van der Waals surface area contributed by atoms with E-state index in [1.165, 1.54) is 0 Å². The Morgan fingerprint density at radius 1 is 1.60 bits per heavy atom. The van der Waals surface area contributed by atoms with Gasteiger partial charge in [-0.25, -0.2) is 0 Å². The van der Waals surface area contributed by atoms with Gasteiger partial charge in [-0.2, -0.15) is 0 Å². The molecule has 1 heterocycles. The molecule has 0 radical (unpaired) electrons. The minimum Gasteiger partial charge on any atom is -0.480 e. The van der Waals surface area contributed by atoms with Crippen molar-refractivity contribution >= 4 is 11.8 Å². The smallest absolute Gasteiger partial charge is 0.320 e. The Kier molecular flexibility index (Phi) is 4.27. The zero-order valence-corrected chi connectivity index (χ0v) is 9.40. The van der Waals surface area contributed by atoms with Crippen molar-refractivity contribution in [3.63, 3.8) is 0 Å². The first-order valence-electron chi connectivity index (χ1n) is 5.63. The average Bonchev–Trinajstić information content (AvgIpc) is 2.51. The molecule has 1 N–H and O–H groups in total. The molecule has 1 rings (SSSR count). The van der Waals surface area contributed by atoms with E-state index in [9.17, 15) is 9.59 Å². The van der Waals surface area contributed by atoms with Crippen LogP contribution in [0.1, 0.15) is 39.5 Å². The van der Waals surface area contributed by atoms with Crippen LogP contribution >= 0.6 is 0 Å². The molecule has 15 heavy (non-hydrogen) atoms. The fourth-order valence-electron chi connectivity index (χ4n) is 2.27. The molecular weight excluding hydrogens is 194 g/mol. The lowest BCUT2D eigenvalue weighted by molar-refractivity contribution is -0.144. The van der Waals surface area contributed by atoms with E-state index in [4.69, 9.17) is 5.11 Å². The Morgan fingerprint density at radius 2 is 2.27 bits per heavy atom. The summed E-state index contributed by atoms with van der Waals surface area (Å²) in [5, 5.41) is 9.05. The number of likely N-dealkylation sites (tertiary alicyclic amines) is 1. The maximum absolute atomic E-state index is 11.6. The molecule has 86 valence electrons. The number of aliphatic carboxylic acids is 1. The summed E-state index contributed by atoms with van der Waals surface area (Å²) in [6.45, 7) is 4.48. The molecule has 4 heteroatoms. The van der Waals surface area contributed by atoms with Crippen LogP contribution in [0.3, 0.4) is 0 Å². The number of Topliss-reactive ketones (excluding diaryl/α,β-unsaturated/α-hetero) is 1. The number of carbonyl (C=O) groups excluding carboxylic acids is 1. The summed E-state index contributed by atoms with van der Waals surface area (Å²) in [5.41, 5.74) is 0. The minimum atomic E-state index is -0.812. The van der Waals surface area contributed by atoms with Crippen LogP contribution in [0.15, 0.2) is 0 Å². The summed E-state index contributed by atoms with van der Waals surface area (Å²) >= 11 is 0. The second kappa shape index (κ2) is 5.26. The zero-order chi connectivity index (χ0) is 11.4. The van der Waals surface area contributed by atoms with Gasteiger partial charge in [-0.05, 0) is 12.8 Å². The van der Waals surface area contributed by atoms with Crippen molar-refractivity contribution in [3.05, 3.63) is 0 Å². The molecule has 1 aliphatic rings. The third kappa shape index (κ3) is 2.56. The molecule has 4 nitrogen and oxygen atoms in total. The van der Waals surface area contributed by atoms with Crippen molar-refractivity contribution in [3.8, 4) is 0 Å². The van der Waals surface area contributed by atoms with Gasteiger partial charge in [0.05, 0.1) is 6.04 Å². The maximum atomic E-state index is 11.6. The Balaban J connectivity index is 2.74. The lowest BCUT2D eigenvalue weighted by Crippen LogP contribution is -2.45. The summed E-state index contributed by atoms with van der Waals surface area (Å²) in [5.74, 6) is -0.607. The predicted octanol–water partition coefficient (Wildman–Crippen LogP) is 1.29. The molecule has 0 aliphatic carbocycles. The van der Waals surface area contributed by atoms with Crippen LogP contribution in [-0.4, -0.2) is 40.4 Å². The number of rotatable bonds is 5. The number of ketones is 1. The molecule has 0 amide bonds. The summed E-state index contributed by atoms with van der Waals surface area (Å²) < 4.78 is 0. The summed E-state index contributed by atoms with van der Waals surface area (Å²) in [6.07, 6.45) is 2.77. The second-order valence-electron chi connectivity index (χ2n) is 4.02. The van der Waals surface area contributed by atoms with Crippen LogP contribution in [0, 0.1) is 0 Å². The highest BCUT2D eigenvalue weighted by Gasteiger charge is 2.38. The highest BCUT2D eigenvalue weighted by molar-refractivity contribution is 5.87. The van der Waals surface area contributed by atoms with Crippen molar-refractivity contribution in [1.29, 1.82) is 0 Å². The number of carboxylic acids is 1. The average molecular weight is 213 g/mol. The Labute approximate surface area is 90.3 Å². The Hall–Kier alpha value is -0.900. The fraction of sp³-hybridized carbons (Fsp3) is 0.818. The SMILES string of the molecule is CCCC1C(=O)CCN1C(CC)C(=O)O. The summed E-state index contributed by atoms with van der Waals surface area (Å²) in [6, 6.07) is -0.649. The summed E-state index contributed by atoms with van der Waals surface area (Å²) in [7, 11) is 0. The van der Waals surface area contributed by atoms with Crippen LogP contribution in [-0.2, 0) is 9.59 Å². The third-order valence-electron chi connectivity index (χ3n) is 3.02. The van der Waals surface area contributed by atoms with Gasteiger partial charge in [0.1, 0.15) is 6.04 Å². The highest BCUT2D eigenvalue weighted by atomic mass is 16.4. The molecule has 0 aromatic rings. The van der Waals surface area contributed by atoms with Crippen molar-refractivity contribution < 1.29 is 14.7 Å². The molecule has 0 aromatic heterocycles. The van der Waals surface area contributed by atoms with Crippen molar-refractivity contribution in [2.24, 2.45) is 0 Å². The number of carbonyl (C=O) groups is 2. The van der Waals surface area contributed by atoms with E-state index in [-0.39, 0.29) is 11.8 Å². The van der Waals surface area contributed by atoms with Gasteiger partial charge in [-0.3, -0.25) is 14.5 Å². The lowest BCUT2D eigenvalue weighted by Gasteiger charge is -2.28. The standard InChI is InChI=1S/C11H19NO3/c1-3-5-9-10(13)6-7-12(9)8(4-2)11(14)15/h8-9H,3-7H2,1-2H3,(H,14,15). The van der Waals surface area contributed by atoms with Gasteiger partial charge >= 0.3 is 5.97 Å². The van der Waals surface area contributed by atoms with E-state index in [0.29, 0.717) is 19.4 Å². The topological polar surface area (TPSA) is 57.6 Å². The van der Waals surface area contributed by atoms with E-state index in [1.54, 1.807) is 0 Å². The van der Waals surface area contributed by atoms with E-state index < -0.39 is 12.0 Å². The highest BCUT2D eigenvalue weighted by Crippen LogP contribution is 2.22. The van der Waals surface area contributed by atoms with E-state index in [1.807, 2.05) is 18.7 Å². The van der Waals surface area contributed by atoms with Crippen LogP contribution < -0.4 is 0 Å². The third-order valence-corrected chi connectivity index (χ3v) is 3.02. The predicted molar refractivity (Wildman–Crippen MR) is 56.7 cm³/mol. The number of nitrogens with zero attached hydrogens (tertiary/aromatic N) is 1. The van der Waals surface area contributed by atoms with Gasteiger partial charge in [0.25, 0.3) is 0 Å². The van der Waals surface area contributed by atoms with Crippen LogP contribution in [0.25, 0.3) is 0 Å². The molecule has 0 spiro atoms. The van der Waals surface area contributed by atoms with Crippen LogP contribution in [0.4, 0.5) is 0 Å². The van der Waals surface area contributed by atoms with Gasteiger partial charge in [-0.15, -0.1) is 0 Å². The first-order chi connectivity index (χ1) is 7.11. The molecular formula is C11H19NO3. The molecule has 1 saturated heterocycles. The van der Waals surface area contributed by atoms with Crippen molar-refractivity contribution in [1.82, 2.24) is 4.90 Å². The Morgan fingerprint density at radius 3 is 2.73 bits per heavy atom. The van der Waals surface area contributed by atoms with Crippen LogP contribution in [0.2, 0.25) is 0 Å². The van der Waals surface area contributed by atoms with Gasteiger partial charge in [0.2, 0.25) is 0 Å². The number of hydrogen-bond donors (Lipinski definition) is 1. The fourth-order valence-corrected chi connectivity index (χ4v) is 2.27. The molecule has 0 aromatic carbocycles. The molecule has 1 fully saturated rings. The van der Waals surface area contributed by atoms with E-state index in [2.05, 4.69) is 0 Å². The molecule has 0 saturated carbocycles. The largest absolute Gasteiger partial charge is 0.480 e. The van der Waals surface area contributed by atoms with Gasteiger partial charge < -0.3 is 5.11 Å². The maximum Gasteiger partial charge on any atom is 0.320 e. The molecule has 1 aliphatic heterocycles. The van der Waals surface area contributed by atoms with Crippen molar-refractivity contribution in [2.45, 2.75) is 51.6 Å². The second-order valence-corrected chi connectivity index (χ2v) is 4.02. The first-order valence-corrected chi connectivity index (χ1v) is 5.63. The normalized spacial score (nSPS) is 24.4. The Bertz CT molecular complexity index is 252. The van der Waals surface area contributed by atoms with Gasteiger partial charge in [-0.1, -0.05) is 20.3 Å². The van der Waals surface area contributed by atoms with E-state index >= 15 is 0 Å². The van der Waals surface area contributed by atoms with Crippen molar-refractivity contribution in [2.75, 3.05) is 6.54 Å². The molecule has 2 atom stereocenters. The molecule has 2 unspecified atom stereocenters. The monoisotopic (exact) mass is 213 g/mol. The van der Waals surface area contributed by atoms with Gasteiger partial charge in [0, 0.05) is 13.0 Å². The van der Waals surface area contributed by atoms with Crippen LogP contribution in [0.5, 0.6) is 0 Å². The molecule has 0 bridgehead atoms. The summed E-state index contributed by atoms with van der Waals surface area (Å²) in [4.78, 5) is 24.5. The quantitative estimate of drug-likeness (QED) is 0.747.